The summed E-state index contributed by atoms with van der Waals surface area (Å²) in [6.45, 7) is 8.08. The van der Waals surface area contributed by atoms with E-state index in [1.54, 1.807) is 36.3 Å². The average molecular weight is 417 g/mol. The summed E-state index contributed by atoms with van der Waals surface area (Å²) in [5.74, 6) is 1.74. The van der Waals surface area contributed by atoms with E-state index in [2.05, 4.69) is 0 Å². The van der Waals surface area contributed by atoms with Crippen molar-refractivity contribution >= 4 is 11.8 Å². The molecule has 0 aliphatic rings. The van der Waals surface area contributed by atoms with Crippen LogP contribution in [0.2, 0.25) is 0 Å². The van der Waals surface area contributed by atoms with Crippen molar-refractivity contribution in [1.29, 1.82) is 0 Å². The van der Waals surface area contributed by atoms with Crippen LogP contribution < -0.4 is 9.47 Å². The first-order valence-electron chi connectivity index (χ1n) is 9.95. The molecule has 1 aromatic carbocycles. The molecular formula is C23H32N2O5. The third-order valence-corrected chi connectivity index (χ3v) is 4.88. The van der Waals surface area contributed by atoms with Gasteiger partial charge in [-0.2, -0.15) is 0 Å². The van der Waals surface area contributed by atoms with Crippen LogP contribution in [0.3, 0.4) is 0 Å². The van der Waals surface area contributed by atoms with Crippen molar-refractivity contribution in [2.75, 3.05) is 27.3 Å². The molecule has 1 aromatic heterocycles. The molecule has 2 rings (SSSR count). The van der Waals surface area contributed by atoms with Crippen LogP contribution in [0.25, 0.3) is 0 Å². The highest BCUT2D eigenvalue weighted by Crippen LogP contribution is 2.28. The van der Waals surface area contributed by atoms with E-state index in [9.17, 15) is 9.59 Å². The molecule has 0 radical (unpaired) electrons. The summed E-state index contributed by atoms with van der Waals surface area (Å²) in [5.41, 5.74) is 0.574. The van der Waals surface area contributed by atoms with Crippen LogP contribution in [0, 0.1) is 0 Å². The molecule has 0 saturated heterocycles. The van der Waals surface area contributed by atoms with Gasteiger partial charge in [0.2, 0.25) is 11.8 Å². The predicted molar refractivity (Wildman–Crippen MR) is 115 cm³/mol. The van der Waals surface area contributed by atoms with E-state index in [-0.39, 0.29) is 18.4 Å². The first-order valence-corrected chi connectivity index (χ1v) is 9.95. The second-order valence-electron chi connectivity index (χ2n) is 8.11. The smallest absolute Gasteiger partial charge is 0.242 e. The van der Waals surface area contributed by atoms with Crippen molar-refractivity contribution in [3.8, 4) is 11.5 Å². The number of nitrogens with zero attached hydrogens (tertiary/aromatic N) is 2. The number of methoxy groups -OCH3 is 2. The Morgan fingerprint density at radius 3 is 2.30 bits per heavy atom. The van der Waals surface area contributed by atoms with Crippen molar-refractivity contribution < 1.29 is 23.5 Å². The summed E-state index contributed by atoms with van der Waals surface area (Å²) < 4.78 is 16.1. The second-order valence-corrected chi connectivity index (χ2v) is 8.11. The van der Waals surface area contributed by atoms with Crippen molar-refractivity contribution in [1.82, 2.24) is 9.80 Å². The van der Waals surface area contributed by atoms with E-state index in [1.807, 2.05) is 45.0 Å². The quantitative estimate of drug-likeness (QED) is 0.625. The number of hydrogen-bond acceptors (Lipinski definition) is 5. The van der Waals surface area contributed by atoms with Gasteiger partial charge >= 0.3 is 0 Å². The normalized spacial score (nSPS) is 11.1. The highest BCUT2D eigenvalue weighted by molar-refractivity contribution is 5.84. The van der Waals surface area contributed by atoms with E-state index in [4.69, 9.17) is 13.9 Å². The fourth-order valence-electron chi connectivity index (χ4n) is 3.24. The van der Waals surface area contributed by atoms with Crippen LogP contribution >= 0.6 is 0 Å². The van der Waals surface area contributed by atoms with Gasteiger partial charge in [0.25, 0.3) is 0 Å². The second kappa shape index (κ2) is 10.2. The van der Waals surface area contributed by atoms with E-state index >= 15 is 0 Å². The van der Waals surface area contributed by atoms with E-state index in [0.717, 1.165) is 5.56 Å². The van der Waals surface area contributed by atoms with Crippen LogP contribution in [0.1, 0.15) is 39.0 Å². The third kappa shape index (κ3) is 6.27. The third-order valence-electron chi connectivity index (χ3n) is 4.88. The number of carbonyl (C=O) groups excluding carboxylic acids is 2. The van der Waals surface area contributed by atoms with Gasteiger partial charge in [-0.15, -0.1) is 0 Å². The zero-order valence-corrected chi connectivity index (χ0v) is 18.7. The van der Waals surface area contributed by atoms with Crippen LogP contribution in [0.5, 0.6) is 11.5 Å². The van der Waals surface area contributed by atoms with Crippen molar-refractivity contribution in [3.63, 3.8) is 0 Å². The molecule has 7 nitrogen and oxygen atoms in total. The fourth-order valence-corrected chi connectivity index (χ4v) is 3.24. The van der Waals surface area contributed by atoms with Gasteiger partial charge < -0.3 is 23.7 Å². The van der Waals surface area contributed by atoms with Gasteiger partial charge in [-0.3, -0.25) is 9.59 Å². The first-order chi connectivity index (χ1) is 14.2. The molecule has 0 bridgehead atoms. The summed E-state index contributed by atoms with van der Waals surface area (Å²) in [6.07, 6.45) is 2.21. The molecule has 0 aliphatic heterocycles. The molecule has 0 N–H and O–H groups in total. The largest absolute Gasteiger partial charge is 0.493 e. The molecular weight excluding hydrogens is 384 g/mol. The highest BCUT2D eigenvalue weighted by Gasteiger charge is 2.28. The zero-order chi connectivity index (χ0) is 22.3. The molecule has 0 atom stereocenters. The van der Waals surface area contributed by atoms with Gasteiger partial charge in [0, 0.05) is 19.0 Å². The minimum atomic E-state index is -0.443. The van der Waals surface area contributed by atoms with E-state index < -0.39 is 5.54 Å². The first kappa shape index (κ1) is 23.3. The Morgan fingerprint density at radius 2 is 1.77 bits per heavy atom. The number of amides is 2. The summed E-state index contributed by atoms with van der Waals surface area (Å²) in [5, 5.41) is 0. The molecule has 164 valence electrons. The number of furan rings is 1. The van der Waals surface area contributed by atoms with Gasteiger partial charge in [-0.05, 0) is 57.0 Å². The lowest BCUT2D eigenvalue weighted by molar-refractivity contribution is -0.143. The summed E-state index contributed by atoms with van der Waals surface area (Å²) >= 11 is 0. The molecule has 7 heteroatoms. The lowest BCUT2D eigenvalue weighted by Crippen LogP contribution is -2.50. The Morgan fingerprint density at radius 1 is 1.07 bits per heavy atom. The Kier molecular flexibility index (Phi) is 7.92. The van der Waals surface area contributed by atoms with E-state index in [1.165, 1.54) is 6.92 Å². The molecule has 2 aromatic rings. The molecule has 30 heavy (non-hydrogen) atoms. The van der Waals surface area contributed by atoms with Crippen LogP contribution in [0.15, 0.2) is 41.0 Å². The molecule has 0 aliphatic carbocycles. The number of ether oxygens (including phenoxy) is 2. The maximum Gasteiger partial charge on any atom is 0.242 e. The standard InChI is InChI=1S/C23H32N2O5/c1-17(26)25(23(2,3)4)16-22(27)24(15-19-8-7-13-30-19)12-11-18-9-10-20(28-5)21(14-18)29-6/h7-10,13-14H,11-12,15-16H2,1-6H3. The predicted octanol–water partition coefficient (Wildman–Crippen LogP) is 3.52. The molecule has 2 amide bonds. The number of benzene rings is 1. The van der Waals surface area contributed by atoms with Gasteiger partial charge in [0.1, 0.15) is 12.3 Å². The number of carbonyl (C=O) groups is 2. The monoisotopic (exact) mass is 416 g/mol. The fraction of sp³-hybridized carbons (Fsp3) is 0.478. The van der Waals surface area contributed by atoms with Crippen molar-refractivity contribution in [2.45, 2.75) is 46.2 Å². The zero-order valence-electron chi connectivity index (χ0n) is 18.7. The van der Waals surface area contributed by atoms with Gasteiger partial charge in [0.05, 0.1) is 27.0 Å². The summed E-state index contributed by atoms with van der Waals surface area (Å²) in [4.78, 5) is 28.5. The molecule has 0 spiro atoms. The van der Waals surface area contributed by atoms with Gasteiger partial charge in [-0.1, -0.05) is 6.07 Å². The minimum absolute atomic E-state index is 0.0193. The van der Waals surface area contributed by atoms with E-state index in [0.29, 0.717) is 36.8 Å². The van der Waals surface area contributed by atoms with Gasteiger partial charge in [-0.25, -0.2) is 0 Å². The van der Waals surface area contributed by atoms with Crippen LogP contribution in [-0.2, 0) is 22.6 Å². The Labute approximate surface area is 178 Å². The number of rotatable bonds is 9. The Bertz CT molecular complexity index is 840. The molecule has 0 saturated carbocycles. The maximum absolute atomic E-state index is 13.1. The summed E-state index contributed by atoms with van der Waals surface area (Å²) in [6, 6.07) is 9.34. The van der Waals surface area contributed by atoms with Crippen molar-refractivity contribution in [3.05, 3.63) is 47.9 Å². The maximum atomic E-state index is 13.1. The average Bonchev–Trinajstić information content (AvgIpc) is 3.20. The lowest BCUT2D eigenvalue weighted by Gasteiger charge is -2.36. The SMILES string of the molecule is COc1ccc(CCN(Cc2ccco2)C(=O)CN(C(C)=O)C(C)(C)C)cc1OC. The Balaban J connectivity index is 2.17. The topological polar surface area (TPSA) is 72.2 Å². The molecule has 0 fully saturated rings. The molecule has 0 unspecified atom stereocenters. The Hall–Kier alpha value is -2.96. The van der Waals surface area contributed by atoms with Crippen LogP contribution in [0.4, 0.5) is 0 Å². The van der Waals surface area contributed by atoms with Crippen LogP contribution in [-0.4, -0.2) is 54.5 Å². The summed E-state index contributed by atoms with van der Waals surface area (Å²) in [7, 11) is 3.19. The van der Waals surface area contributed by atoms with Gasteiger partial charge in [0.15, 0.2) is 11.5 Å². The minimum Gasteiger partial charge on any atom is -0.493 e. The highest BCUT2D eigenvalue weighted by atomic mass is 16.5. The number of hydrogen-bond donors (Lipinski definition) is 0. The van der Waals surface area contributed by atoms with Crippen molar-refractivity contribution in [2.24, 2.45) is 0 Å². The lowest BCUT2D eigenvalue weighted by atomic mass is 10.1. The molecule has 1 heterocycles.